The van der Waals surface area contributed by atoms with Gasteiger partial charge < -0.3 is 4.74 Å². The van der Waals surface area contributed by atoms with Gasteiger partial charge in [0.25, 0.3) is 0 Å². The smallest absolute Gasteiger partial charge is 0.313 e. The molecule has 0 spiro atoms. The molecule has 3 nitrogen and oxygen atoms in total. The lowest BCUT2D eigenvalue weighted by molar-refractivity contribution is -0.156. The maximum atomic E-state index is 12.2. The van der Waals surface area contributed by atoms with E-state index in [2.05, 4.69) is 13.0 Å². The van der Waals surface area contributed by atoms with Gasteiger partial charge in [-0.3, -0.25) is 4.79 Å². The van der Waals surface area contributed by atoms with Crippen LogP contribution in [0.25, 0.3) is 0 Å². The van der Waals surface area contributed by atoms with Crippen molar-refractivity contribution in [3.05, 3.63) is 35.4 Å². The molecule has 0 aliphatic carbocycles. The van der Waals surface area contributed by atoms with Gasteiger partial charge in [-0.2, -0.15) is 5.26 Å². The number of benzene rings is 1. The first kappa shape index (κ1) is 16.5. The Bertz CT molecular complexity index is 515. The summed E-state index contributed by atoms with van der Waals surface area (Å²) in [6.45, 7) is 2.21. The summed E-state index contributed by atoms with van der Waals surface area (Å²) in [4.78, 5) is 12.2. The van der Waals surface area contributed by atoms with Crippen LogP contribution in [0.4, 0.5) is 0 Å². The van der Waals surface area contributed by atoms with Crippen molar-refractivity contribution in [2.24, 2.45) is 0 Å². The van der Waals surface area contributed by atoms with Crippen molar-refractivity contribution in [3.8, 4) is 6.07 Å². The number of ether oxygens (including phenoxy) is 1. The number of esters is 1. The molecule has 3 heteroatoms. The Morgan fingerprint density at radius 1 is 1.14 bits per heavy atom. The van der Waals surface area contributed by atoms with Gasteiger partial charge in [-0.05, 0) is 43.4 Å². The number of nitriles is 1. The van der Waals surface area contributed by atoms with Crippen LogP contribution in [0.1, 0.15) is 75.3 Å². The molecular formula is C19H25NO2. The number of rotatable bonds is 7. The standard InChI is InChI=1S/C19H25NO2/c1-2-3-4-5-6-7-17-12-13-18(19(21)22-17)16-10-8-15(14-20)9-11-16/h8-11,17-18H,2-7,12-13H2,1H3. The van der Waals surface area contributed by atoms with Crippen molar-refractivity contribution in [2.75, 3.05) is 0 Å². The Morgan fingerprint density at radius 3 is 2.50 bits per heavy atom. The Labute approximate surface area is 133 Å². The van der Waals surface area contributed by atoms with Gasteiger partial charge in [-0.25, -0.2) is 0 Å². The Kier molecular flexibility index (Phi) is 6.45. The maximum Gasteiger partial charge on any atom is 0.313 e. The molecule has 0 aromatic heterocycles. The zero-order valence-electron chi connectivity index (χ0n) is 13.4. The van der Waals surface area contributed by atoms with Crippen molar-refractivity contribution in [3.63, 3.8) is 0 Å². The highest BCUT2D eigenvalue weighted by atomic mass is 16.5. The summed E-state index contributed by atoms with van der Waals surface area (Å²) < 4.78 is 5.61. The van der Waals surface area contributed by atoms with E-state index in [0.717, 1.165) is 31.2 Å². The molecule has 1 heterocycles. The average molecular weight is 299 g/mol. The minimum absolute atomic E-state index is 0.101. The summed E-state index contributed by atoms with van der Waals surface area (Å²) in [5.74, 6) is -0.265. The lowest BCUT2D eigenvalue weighted by Crippen LogP contribution is -2.29. The molecule has 0 radical (unpaired) electrons. The van der Waals surface area contributed by atoms with Gasteiger partial charge in [0.1, 0.15) is 6.10 Å². The van der Waals surface area contributed by atoms with E-state index < -0.39 is 0 Å². The van der Waals surface area contributed by atoms with Crippen LogP contribution in [0.5, 0.6) is 0 Å². The molecule has 1 aliphatic heterocycles. The molecule has 1 fully saturated rings. The number of carbonyl (C=O) groups excluding carboxylic acids is 1. The van der Waals surface area contributed by atoms with Gasteiger partial charge in [0, 0.05) is 0 Å². The molecule has 0 N–H and O–H groups in total. The molecule has 22 heavy (non-hydrogen) atoms. The van der Waals surface area contributed by atoms with Crippen LogP contribution in [0.2, 0.25) is 0 Å². The molecule has 2 rings (SSSR count). The van der Waals surface area contributed by atoms with E-state index in [0.29, 0.717) is 5.56 Å². The van der Waals surface area contributed by atoms with E-state index in [1.807, 2.05) is 12.1 Å². The summed E-state index contributed by atoms with van der Waals surface area (Å²) in [5, 5.41) is 8.82. The summed E-state index contributed by atoms with van der Waals surface area (Å²) in [5.41, 5.74) is 1.59. The molecule has 1 aromatic carbocycles. The van der Waals surface area contributed by atoms with Crippen LogP contribution in [-0.4, -0.2) is 12.1 Å². The average Bonchev–Trinajstić information content (AvgIpc) is 2.55. The van der Waals surface area contributed by atoms with E-state index in [4.69, 9.17) is 10.00 Å². The zero-order chi connectivity index (χ0) is 15.8. The van der Waals surface area contributed by atoms with E-state index in [-0.39, 0.29) is 18.0 Å². The first-order valence-corrected chi connectivity index (χ1v) is 8.45. The normalized spacial score (nSPS) is 21.2. The molecule has 2 atom stereocenters. The molecular weight excluding hydrogens is 274 g/mol. The second-order valence-electron chi connectivity index (χ2n) is 6.13. The van der Waals surface area contributed by atoms with Crippen molar-refractivity contribution in [1.29, 1.82) is 5.26 Å². The van der Waals surface area contributed by atoms with E-state index in [1.165, 1.54) is 25.7 Å². The zero-order valence-corrected chi connectivity index (χ0v) is 13.4. The minimum Gasteiger partial charge on any atom is -0.462 e. The van der Waals surface area contributed by atoms with Crippen LogP contribution in [-0.2, 0) is 9.53 Å². The fraction of sp³-hybridized carbons (Fsp3) is 0.579. The third-order valence-corrected chi connectivity index (χ3v) is 4.42. The monoisotopic (exact) mass is 299 g/mol. The minimum atomic E-state index is -0.163. The Morgan fingerprint density at radius 2 is 1.86 bits per heavy atom. The van der Waals surface area contributed by atoms with E-state index in [9.17, 15) is 4.79 Å². The van der Waals surface area contributed by atoms with Gasteiger partial charge >= 0.3 is 5.97 Å². The first-order chi connectivity index (χ1) is 10.7. The van der Waals surface area contributed by atoms with Gasteiger partial charge in [0.2, 0.25) is 0 Å². The molecule has 2 unspecified atom stereocenters. The van der Waals surface area contributed by atoms with Crippen LogP contribution in [0, 0.1) is 11.3 Å². The van der Waals surface area contributed by atoms with Crippen LogP contribution in [0.15, 0.2) is 24.3 Å². The fourth-order valence-electron chi connectivity index (χ4n) is 3.05. The third-order valence-electron chi connectivity index (χ3n) is 4.42. The SMILES string of the molecule is CCCCCCCC1CCC(c2ccc(C#N)cc2)C(=O)O1. The number of carbonyl (C=O) groups is 1. The van der Waals surface area contributed by atoms with Gasteiger partial charge in [-0.1, -0.05) is 44.7 Å². The van der Waals surface area contributed by atoms with E-state index in [1.54, 1.807) is 12.1 Å². The van der Waals surface area contributed by atoms with Crippen LogP contribution in [0.3, 0.4) is 0 Å². The molecule has 1 aliphatic rings. The van der Waals surface area contributed by atoms with Gasteiger partial charge in [0.15, 0.2) is 0 Å². The topological polar surface area (TPSA) is 50.1 Å². The largest absolute Gasteiger partial charge is 0.462 e. The summed E-state index contributed by atoms with van der Waals surface area (Å²) >= 11 is 0. The summed E-state index contributed by atoms with van der Waals surface area (Å²) in [6.07, 6.45) is 9.12. The lowest BCUT2D eigenvalue weighted by atomic mass is 9.89. The van der Waals surface area contributed by atoms with Crippen LogP contribution >= 0.6 is 0 Å². The molecule has 118 valence electrons. The number of unbranched alkanes of at least 4 members (excludes halogenated alkanes) is 4. The lowest BCUT2D eigenvalue weighted by Gasteiger charge is -2.28. The molecule has 1 aromatic rings. The number of nitrogens with zero attached hydrogens (tertiary/aromatic N) is 1. The molecule has 0 saturated carbocycles. The van der Waals surface area contributed by atoms with E-state index >= 15 is 0 Å². The predicted molar refractivity (Wildman–Crippen MR) is 86.4 cm³/mol. The van der Waals surface area contributed by atoms with Crippen molar-refractivity contribution >= 4 is 5.97 Å². The van der Waals surface area contributed by atoms with Crippen molar-refractivity contribution in [1.82, 2.24) is 0 Å². The molecule has 0 bridgehead atoms. The highest BCUT2D eigenvalue weighted by Crippen LogP contribution is 2.31. The quantitative estimate of drug-likeness (QED) is 0.541. The number of hydrogen-bond donors (Lipinski definition) is 0. The number of cyclic esters (lactones) is 1. The summed E-state index contributed by atoms with van der Waals surface area (Å²) in [7, 11) is 0. The number of hydrogen-bond acceptors (Lipinski definition) is 3. The second kappa shape index (κ2) is 8.58. The predicted octanol–water partition coefficient (Wildman–Crippen LogP) is 4.71. The third kappa shape index (κ3) is 4.59. The highest BCUT2D eigenvalue weighted by molar-refractivity contribution is 5.79. The van der Waals surface area contributed by atoms with Crippen LogP contribution < -0.4 is 0 Å². The van der Waals surface area contributed by atoms with Crippen molar-refractivity contribution < 1.29 is 9.53 Å². The summed E-state index contributed by atoms with van der Waals surface area (Å²) in [6, 6.07) is 9.37. The molecule has 1 saturated heterocycles. The first-order valence-electron chi connectivity index (χ1n) is 8.45. The van der Waals surface area contributed by atoms with Crippen molar-refractivity contribution in [2.45, 2.75) is 70.3 Å². The molecule has 0 amide bonds. The Hall–Kier alpha value is -1.82. The maximum absolute atomic E-state index is 12.2. The van der Waals surface area contributed by atoms with Gasteiger partial charge in [0.05, 0.1) is 17.6 Å². The van der Waals surface area contributed by atoms with Gasteiger partial charge in [-0.15, -0.1) is 0 Å². The highest BCUT2D eigenvalue weighted by Gasteiger charge is 2.30. The fourth-order valence-corrected chi connectivity index (χ4v) is 3.05. The Balaban J connectivity index is 1.79. The second-order valence-corrected chi connectivity index (χ2v) is 6.13.